The van der Waals surface area contributed by atoms with Gasteiger partial charge in [0.1, 0.15) is 11.4 Å². The van der Waals surface area contributed by atoms with E-state index in [0.717, 1.165) is 35.1 Å². The highest BCUT2D eigenvalue weighted by molar-refractivity contribution is 6.25. The fourth-order valence-corrected chi connectivity index (χ4v) is 5.11. The number of carbonyl (C=O) groups is 2. The van der Waals surface area contributed by atoms with Gasteiger partial charge in [-0.3, -0.25) is 9.59 Å². The zero-order valence-corrected chi connectivity index (χ0v) is 20.0. The number of ether oxygens (including phenoxy) is 3. The average molecular weight is 429 g/mol. The fraction of sp³-hybridized carbons (Fsp3) is 0.615. The molecule has 0 spiro atoms. The van der Waals surface area contributed by atoms with Crippen LogP contribution in [0.15, 0.2) is 17.9 Å². The van der Waals surface area contributed by atoms with E-state index in [2.05, 4.69) is 12.1 Å². The molecule has 31 heavy (non-hydrogen) atoms. The Morgan fingerprint density at radius 3 is 2.42 bits per heavy atom. The standard InChI is InChI=1S/C26H36O5/c1-8-16(3)25(28)30-21-13-20(26(14-29-7)10-9-19(6)31-26)24(27)23(21)22-17(4)11-15(2)12-18(22)5/h11-12,16,19-20H,8-10,13-14H2,1-7H3/t16?,19-,20-,26?/m1/s1. The van der Waals surface area contributed by atoms with Gasteiger partial charge in [0.05, 0.1) is 30.1 Å². The second-order valence-corrected chi connectivity index (χ2v) is 9.39. The van der Waals surface area contributed by atoms with Gasteiger partial charge >= 0.3 is 5.97 Å². The first kappa shape index (κ1) is 23.7. The topological polar surface area (TPSA) is 61.8 Å². The Morgan fingerprint density at radius 1 is 1.26 bits per heavy atom. The normalized spacial score (nSPS) is 27.1. The van der Waals surface area contributed by atoms with Crippen molar-refractivity contribution >= 4 is 17.3 Å². The summed E-state index contributed by atoms with van der Waals surface area (Å²) in [4.78, 5) is 26.6. The van der Waals surface area contributed by atoms with Crippen LogP contribution < -0.4 is 0 Å². The molecule has 1 heterocycles. The number of Topliss-reactive ketones (excluding diaryl/α,β-unsaturated/α-hetero) is 1. The van der Waals surface area contributed by atoms with Crippen molar-refractivity contribution in [2.45, 2.75) is 78.9 Å². The SMILES string of the molecule is CCC(C)C(=O)OC1=C(c2c(C)cc(C)cc2C)C(=O)[C@H](C2(COC)CC[C@@H](C)O2)C1. The molecule has 1 aliphatic carbocycles. The van der Waals surface area contributed by atoms with Crippen molar-refractivity contribution in [2.75, 3.05) is 13.7 Å². The number of hydrogen-bond acceptors (Lipinski definition) is 5. The number of aryl methyl sites for hydroxylation is 3. The average Bonchev–Trinajstić information content (AvgIpc) is 3.22. The van der Waals surface area contributed by atoms with Gasteiger partial charge in [-0.25, -0.2) is 0 Å². The van der Waals surface area contributed by atoms with E-state index in [1.165, 1.54) is 0 Å². The molecule has 170 valence electrons. The van der Waals surface area contributed by atoms with Gasteiger partial charge in [-0.15, -0.1) is 0 Å². The molecule has 1 fully saturated rings. The molecule has 1 aliphatic heterocycles. The first-order valence-corrected chi connectivity index (χ1v) is 11.4. The van der Waals surface area contributed by atoms with Crippen LogP contribution in [0.4, 0.5) is 0 Å². The van der Waals surface area contributed by atoms with Crippen molar-refractivity contribution in [1.82, 2.24) is 0 Å². The molecule has 0 radical (unpaired) electrons. The molecule has 5 heteroatoms. The zero-order valence-electron chi connectivity index (χ0n) is 20.0. The lowest BCUT2D eigenvalue weighted by Gasteiger charge is -2.33. The Kier molecular flexibility index (Phi) is 7.07. The molecule has 0 amide bonds. The summed E-state index contributed by atoms with van der Waals surface area (Å²) in [5.41, 5.74) is 3.90. The molecule has 5 nitrogen and oxygen atoms in total. The van der Waals surface area contributed by atoms with E-state index in [1.807, 2.05) is 41.5 Å². The lowest BCUT2D eigenvalue weighted by atomic mass is 9.81. The molecule has 1 aromatic carbocycles. The number of rotatable bonds is 7. The summed E-state index contributed by atoms with van der Waals surface area (Å²) in [6.07, 6.45) is 2.76. The van der Waals surface area contributed by atoms with Crippen molar-refractivity contribution < 1.29 is 23.8 Å². The Bertz CT molecular complexity index is 872. The number of allylic oxidation sites excluding steroid dienone is 2. The maximum Gasteiger partial charge on any atom is 0.313 e. The van der Waals surface area contributed by atoms with E-state index < -0.39 is 11.5 Å². The maximum atomic E-state index is 13.9. The third-order valence-corrected chi connectivity index (χ3v) is 6.83. The van der Waals surface area contributed by atoms with E-state index in [1.54, 1.807) is 7.11 Å². The Hall–Kier alpha value is -1.98. The fourth-order valence-electron chi connectivity index (χ4n) is 5.11. The molecule has 0 N–H and O–H groups in total. The van der Waals surface area contributed by atoms with Crippen LogP contribution in [-0.2, 0) is 23.8 Å². The minimum absolute atomic E-state index is 0.00634. The molecule has 0 bridgehead atoms. The first-order chi connectivity index (χ1) is 14.6. The molecule has 2 unspecified atom stereocenters. The summed E-state index contributed by atoms with van der Waals surface area (Å²) in [5, 5.41) is 0. The van der Waals surface area contributed by atoms with Crippen molar-refractivity contribution in [3.63, 3.8) is 0 Å². The predicted molar refractivity (Wildman–Crippen MR) is 121 cm³/mol. The van der Waals surface area contributed by atoms with Crippen molar-refractivity contribution in [3.05, 3.63) is 40.1 Å². The number of ketones is 1. The van der Waals surface area contributed by atoms with E-state index in [9.17, 15) is 9.59 Å². The van der Waals surface area contributed by atoms with Crippen molar-refractivity contribution in [3.8, 4) is 0 Å². The number of carbonyl (C=O) groups excluding carboxylic acids is 2. The van der Waals surface area contributed by atoms with Gasteiger partial charge in [0, 0.05) is 13.5 Å². The largest absolute Gasteiger partial charge is 0.430 e. The number of methoxy groups -OCH3 is 1. The highest BCUT2D eigenvalue weighted by Gasteiger charge is 2.53. The van der Waals surface area contributed by atoms with Gasteiger partial charge < -0.3 is 14.2 Å². The number of hydrogen-bond donors (Lipinski definition) is 0. The smallest absolute Gasteiger partial charge is 0.313 e. The lowest BCUT2D eigenvalue weighted by molar-refractivity contribution is -0.146. The van der Waals surface area contributed by atoms with E-state index in [4.69, 9.17) is 14.2 Å². The molecule has 4 atom stereocenters. The summed E-state index contributed by atoms with van der Waals surface area (Å²) < 4.78 is 17.7. The summed E-state index contributed by atoms with van der Waals surface area (Å²) in [5.74, 6) is -0.458. The highest BCUT2D eigenvalue weighted by Crippen LogP contribution is 2.48. The van der Waals surface area contributed by atoms with E-state index in [0.29, 0.717) is 30.8 Å². The van der Waals surface area contributed by atoms with Gasteiger partial charge in [0.25, 0.3) is 0 Å². The van der Waals surface area contributed by atoms with Gasteiger partial charge in [-0.1, -0.05) is 31.5 Å². The minimum Gasteiger partial charge on any atom is -0.430 e. The monoisotopic (exact) mass is 428 g/mol. The molecule has 1 aromatic rings. The number of esters is 1. The molecule has 3 rings (SSSR count). The minimum atomic E-state index is -0.687. The zero-order chi connectivity index (χ0) is 22.9. The molecular formula is C26H36O5. The van der Waals surface area contributed by atoms with Gasteiger partial charge in [-0.2, -0.15) is 0 Å². The molecule has 1 saturated heterocycles. The first-order valence-electron chi connectivity index (χ1n) is 11.4. The van der Waals surface area contributed by atoms with Crippen molar-refractivity contribution in [1.29, 1.82) is 0 Å². The lowest BCUT2D eigenvalue weighted by Crippen LogP contribution is -2.45. The van der Waals surface area contributed by atoms with Crippen LogP contribution in [0.25, 0.3) is 5.57 Å². The van der Waals surface area contributed by atoms with Crippen LogP contribution >= 0.6 is 0 Å². The maximum absolute atomic E-state index is 13.9. The van der Waals surface area contributed by atoms with Crippen molar-refractivity contribution in [2.24, 2.45) is 11.8 Å². The molecule has 0 aromatic heterocycles. The number of benzene rings is 1. The van der Waals surface area contributed by atoms with Gasteiger partial charge in [-0.05, 0) is 63.6 Å². The Balaban J connectivity index is 2.09. The van der Waals surface area contributed by atoms with Crippen LogP contribution in [0, 0.1) is 32.6 Å². The molecule has 2 aliphatic rings. The molecular weight excluding hydrogens is 392 g/mol. The second-order valence-electron chi connectivity index (χ2n) is 9.39. The third kappa shape index (κ3) is 4.49. The van der Waals surface area contributed by atoms with Crippen LogP contribution in [0.2, 0.25) is 0 Å². The van der Waals surface area contributed by atoms with E-state index >= 15 is 0 Å². The summed E-state index contributed by atoms with van der Waals surface area (Å²) >= 11 is 0. The Labute approximate surface area is 186 Å². The highest BCUT2D eigenvalue weighted by atomic mass is 16.6. The van der Waals surface area contributed by atoms with Crippen LogP contribution in [0.3, 0.4) is 0 Å². The van der Waals surface area contributed by atoms with Crippen LogP contribution in [-0.4, -0.2) is 37.2 Å². The van der Waals surface area contributed by atoms with Crippen LogP contribution in [0.5, 0.6) is 0 Å². The van der Waals surface area contributed by atoms with Gasteiger partial charge in [0.2, 0.25) is 0 Å². The summed E-state index contributed by atoms with van der Waals surface area (Å²) in [6.45, 7) is 12.3. The van der Waals surface area contributed by atoms with Crippen LogP contribution in [0.1, 0.15) is 68.7 Å². The quantitative estimate of drug-likeness (QED) is 0.567. The second kappa shape index (κ2) is 9.25. The van der Waals surface area contributed by atoms with E-state index in [-0.39, 0.29) is 23.8 Å². The third-order valence-electron chi connectivity index (χ3n) is 6.83. The van der Waals surface area contributed by atoms with Gasteiger partial charge in [0.15, 0.2) is 5.78 Å². The Morgan fingerprint density at radius 2 is 1.90 bits per heavy atom. The summed E-state index contributed by atoms with van der Waals surface area (Å²) in [6, 6.07) is 4.15. The summed E-state index contributed by atoms with van der Waals surface area (Å²) in [7, 11) is 1.64. The predicted octanol–water partition coefficient (Wildman–Crippen LogP) is 5.09. The molecule has 0 saturated carbocycles.